The highest BCUT2D eigenvalue weighted by atomic mass is 35.5. The van der Waals surface area contributed by atoms with Gasteiger partial charge in [0.05, 0.1) is 0 Å². The van der Waals surface area contributed by atoms with Crippen LogP contribution in [0, 0.1) is 0 Å². The van der Waals surface area contributed by atoms with E-state index in [1.165, 1.54) is 0 Å². The zero-order chi connectivity index (χ0) is 11.1. The lowest BCUT2D eigenvalue weighted by atomic mass is 10.3. The third-order valence-corrected chi connectivity index (χ3v) is 5.58. The summed E-state index contributed by atoms with van der Waals surface area (Å²) < 4.78 is -5.34. The molecule has 0 aliphatic carbocycles. The van der Waals surface area contributed by atoms with Crippen LogP contribution in [-0.4, -0.2) is 17.0 Å². The summed E-state index contributed by atoms with van der Waals surface area (Å²) in [5.74, 6) is 0. The van der Waals surface area contributed by atoms with E-state index in [-0.39, 0.29) is 0 Å². The Morgan fingerprint density at radius 1 is 0.846 bits per heavy atom. The van der Waals surface area contributed by atoms with Crippen LogP contribution in [0.4, 0.5) is 0 Å². The van der Waals surface area contributed by atoms with Crippen LogP contribution in [0.3, 0.4) is 0 Å². The van der Waals surface area contributed by atoms with Crippen LogP contribution in [0.2, 0.25) is 0 Å². The first-order valence-electron chi connectivity index (χ1n) is 2.63. The highest BCUT2D eigenvalue weighted by molar-refractivity contribution is 7.86. The van der Waals surface area contributed by atoms with E-state index in [4.69, 9.17) is 81.2 Å². The minimum absolute atomic E-state index is 1.22. The Kier molecular flexibility index (Phi) is 5.97. The van der Waals surface area contributed by atoms with E-state index in [1.54, 1.807) is 0 Å². The predicted molar refractivity (Wildman–Crippen MR) is 70.9 cm³/mol. The Labute approximate surface area is 122 Å². The molecule has 1 atom stereocenters. The van der Waals surface area contributed by atoms with Crippen LogP contribution in [-0.2, 0) is 0 Å². The molecule has 0 aromatic rings. The molecule has 9 heteroatoms. The van der Waals surface area contributed by atoms with Gasteiger partial charge in [-0.2, -0.15) is 0 Å². The number of halogens is 7. The van der Waals surface area contributed by atoms with Crippen LogP contribution in [0.1, 0.15) is 0 Å². The van der Waals surface area contributed by atoms with Gasteiger partial charge in [-0.1, -0.05) is 69.6 Å². The maximum absolute atomic E-state index is 5.72. The van der Waals surface area contributed by atoms with Gasteiger partial charge in [-0.15, -0.1) is 36.9 Å². The molecule has 0 heterocycles. The van der Waals surface area contributed by atoms with Crippen LogP contribution in [0.5, 0.6) is 0 Å². The second-order valence-electron chi connectivity index (χ2n) is 2.11. The largest absolute Gasteiger partial charge is 0.194 e. The van der Waals surface area contributed by atoms with Crippen LogP contribution in [0.25, 0.3) is 0 Å². The fourth-order valence-corrected chi connectivity index (χ4v) is 2.29. The van der Waals surface area contributed by atoms with Crippen molar-refractivity contribution in [2.45, 2.75) is 17.0 Å². The van der Waals surface area contributed by atoms with Gasteiger partial charge >= 0.3 is 0 Å². The summed E-state index contributed by atoms with van der Waals surface area (Å²) in [4.78, 5) is 0. The maximum atomic E-state index is 5.72. The van der Waals surface area contributed by atoms with Gasteiger partial charge in [-0.25, -0.2) is 0 Å². The number of hydrogen-bond acceptors (Lipinski definition) is 2. The van der Waals surface area contributed by atoms with Crippen molar-refractivity contribution in [1.82, 2.24) is 0 Å². The van der Waals surface area contributed by atoms with E-state index in [9.17, 15) is 0 Å². The molecule has 0 bridgehead atoms. The summed E-state index contributed by atoms with van der Waals surface area (Å²) in [6, 6.07) is 0. The van der Waals surface area contributed by atoms with E-state index in [0.717, 1.165) is 0 Å². The van der Waals surface area contributed by atoms with Crippen molar-refractivity contribution in [3.63, 3.8) is 0 Å². The first kappa shape index (κ1) is 15.7. The molecule has 0 amide bonds. The normalized spacial score (nSPS) is 17.3. The second-order valence-corrected chi connectivity index (χ2v) is 9.08. The summed E-state index contributed by atoms with van der Waals surface area (Å²) in [7, 11) is 0. The highest BCUT2D eigenvalue weighted by Gasteiger charge is 2.56. The summed E-state index contributed by atoms with van der Waals surface area (Å²) in [6.45, 7) is 0. The highest BCUT2D eigenvalue weighted by Crippen LogP contribution is 2.54. The van der Waals surface area contributed by atoms with Gasteiger partial charge in [-0.3, -0.25) is 0 Å². The van der Waals surface area contributed by atoms with Crippen molar-refractivity contribution in [2.75, 3.05) is 0 Å². The molecule has 80 valence electrons. The smallest absolute Gasteiger partial charge is 0.139 e. The van der Waals surface area contributed by atoms with Crippen molar-refractivity contribution in [2.24, 2.45) is 0 Å². The van der Waals surface area contributed by atoms with Gasteiger partial charge in [0, 0.05) is 0 Å². The molecule has 0 aromatic carbocycles. The topological polar surface area (TPSA) is 0 Å². The number of hydrogen-bond donors (Lipinski definition) is 2. The van der Waals surface area contributed by atoms with Gasteiger partial charge in [0.2, 0.25) is 0 Å². The number of thiol groups is 2. The fourth-order valence-electron chi connectivity index (χ4n) is 0.371. The van der Waals surface area contributed by atoms with Gasteiger partial charge in [0.15, 0.2) is 11.7 Å². The Bertz CT molecular complexity index is 180. The van der Waals surface area contributed by atoms with Crippen molar-refractivity contribution in [1.29, 1.82) is 0 Å². The van der Waals surface area contributed by atoms with Crippen LogP contribution >= 0.6 is 106 Å². The summed E-state index contributed by atoms with van der Waals surface area (Å²) >= 11 is 46.9. The summed E-state index contributed by atoms with van der Waals surface area (Å²) in [6.07, 6.45) is 0. The fraction of sp³-hybridized carbons (Fsp3) is 1.00. The Balaban J connectivity index is 4.86. The zero-order valence-electron chi connectivity index (χ0n) is 5.62. The Morgan fingerprint density at radius 3 is 1.23 bits per heavy atom. The number of rotatable bonds is 3. The third kappa shape index (κ3) is 4.24. The first-order chi connectivity index (χ1) is 5.40. The molecular formula is C4H3Cl7S2. The lowest BCUT2D eigenvalue weighted by Crippen LogP contribution is -2.46. The SMILES string of the molecule is SC(Cl)(Cl)C(Cl)C(Cl)(Cl)C(S)(Cl)Cl. The molecule has 0 aliphatic heterocycles. The Hall–Kier alpha value is 2.73. The molecule has 0 rings (SSSR count). The van der Waals surface area contributed by atoms with E-state index >= 15 is 0 Å². The average molecular weight is 363 g/mol. The molecular weight excluding hydrogens is 360 g/mol. The minimum Gasteiger partial charge on any atom is -0.139 e. The standard InChI is InChI=1S/C4H3Cl7S2/c5-1(3(8,9)12)2(6,7)4(10,11)13/h1,12-13H. The zero-order valence-corrected chi connectivity index (χ0v) is 12.7. The average Bonchev–Trinajstić information content (AvgIpc) is 1.81. The number of alkyl halides is 7. The molecule has 1 unspecified atom stereocenters. The quantitative estimate of drug-likeness (QED) is 0.518. The first-order valence-corrected chi connectivity index (χ1v) is 6.23. The molecule has 0 radical (unpaired) electrons. The van der Waals surface area contributed by atoms with Crippen molar-refractivity contribution < 1.29 is 0 Å². The molecule has 0 nitrogen and oxygen atoms in total. The third-order valence-electron chi connectivity index (χ3n) is 1.02. The molecule has 0 saturated carbocycles. The molecule has 13 heavy (non-hydrogen) atoms. The maximum Gasteiger partial charge on any atom is 0.194 e. The second kappa shape index (κ2) is 4.93. The molecule has 0 fully saturated rings. The van der Waals surface area contributed by atoms with Gasteiger partial charge < -0.3 is 0 Å². The minimum atomic E-state index is -1.86. The van der Waals surface area contributed by atoms with Crippen molar-refractivity contribution in [3.8, 4) is 0 Å². The predicted octanol–water partition coefficient (Wildman–Crippen LogP) is 4.89. The molecule has 0 aliphatic rings. The monoisotopic (exact) mass is 360 g/mol. The molecule has 0 N–H and O–H groups in total. The van der Waals surface area contributed by atoms with Crippen LogP contribution < -0.4 is 0 Å². The van der Waals surface area contributed by atoms with Crippen molar-refractivity contribution >= 4 is 106 Å². The van der Waals surface area contributed by atoms with E-state index in [0.29, 0.717) is 0 Å². The molecule has 0 spiro atoms. The van der Waals surface area contributed by atoms with Gasteiger partial charge in [-0.05, 0) is 0 Å². The summed E-state index contributed by atoms with van der Waals surface area (Å²) in [5, 5.41) is -1.22. The Morgan fingerprint density at radius 2 is 1.15 bits per heavy atom. The van der Waals surface area contributed by atoms with Gasteiger partial charge in [0.1, 0.15) is 5.38 Å². The van der Waals surface area contributed by atoms with Gasteiger partial charge in [0.25, 0.3) is 0 Å². The van der Waals surface area contributed by atoms with E-state index in [2.05, 4.69) is 25.3 Å². The van der Waals surface area contributed by atoms with E-state index < -0.39 is 17.0 Å². The molecule has 0 saturated heterocycles. The molecule has 0 aromatic heterocycles. The lowest BCUT2D eigenvalue weighted by molar-refractivity contribution is 0.744. The lowest BCUT2D eigenvalue weighted by Gasteiger charge is -2.36. The van der Waals surface area contributed by atoms with Crippen LogP contribution in [0.15, 0.2) is 0 Å². The summed E-state index contributed by atoms with van der Waals surface area (Å²) in [5.41, 5.74) is 0. The van der Waals surface area contributed by atoms with E-state index in [1.807, 2.05) is 0 Å². The van der Waals surface area contributed by atoms with Crippen molar-refractivity contribution in [3.05, 3.63) is 0 Å².